The summed E-state index contributed by atoms with van der Waals surface area (Å²) in [6.07, 6.45) is -0.384. The van der Waals surface area contributed by atoms with Gasteiger partial charge in [0.2, 0.25) is 0 Å². The first kappa shape index (κ1) is 21.4. The second-order valence-electron chi connectivity index (χ2n) is 6.65. The molecule has 3 aromatic carbocycles. The number of carbonyl (C=O) groups is 1. The lowest BCUT2D eigenvalue weighted by Crippen LogP contribution is -2.17. The van der Waals surface area contributed by atoms with E-state index in [1.807, 2.05) is 37.3 Å². The van der Waals surface area contributed by atoms with Gasteiger partial charge in [0.15, 0.2) is 6.61 Å². The molecule has 0 aliphatic heterocycles. The molecule has 0 aliphatic carbocycles. The Hall–Kier alpha value is -3.32. The Morgan fingerprint density at radius 1 is 0.867 bits per heavy atom. The monoisotopic (exact) mass is 426 g/mol. The summed E-state index contributed by atoms with van der Waals surface area (Å²) in [7, 11) is -3.92. The molecule has 0 fully saturated rings. The molecule has 1 unspecified atom stereocenters. The van der Waals surface area contributed by atoms with Gasteiger partial charge in [0.1, 0.15) is 22.5 Å². The van der Waals surface area contributed by atoms with Crippen LogP contribution in [0.3, 0.4) is 0 Å². The molecule has 0 aliphatic rings. The lowest BCUT2D eigenvalue weighted by molar-refractivity contribution is -0.151. The van der Waals surface area contributed by atoms with Crippen LogP contribution in [0.25, 0.3) is 0 Å². The van der Waals surface area contributed by atoms with Crippen LogP contribution in [-0.2, 0) is 19.6 Å². The summed E-state index contributed by atoms with van der Waals surface area (Å²) in [4.78, 5) is 12.1. The SMILES string of the molecule is Cc1ccc(S(=O)(=O)Oc2ccc(OCC(=O)OC(C)c3ccccc3)cc2)cc1. The van der Waals surface area contributed by atoms with E-state index in [1.54, 1.807) is 19.1 Å². The number of carbonyl (C=O) groups excluding carboxylic acids is 1. The summed E-state index contributed by atoms with van der Waals surface area (Å²) in [6, 6.07) is 21.7. The van der Waals surface area contributed by atoms with Gasteiger partial charge in [-0.2, -0.15) is 8.42 Å². The maximum absolute atomic E-state index is 12.3. The molecule has 6 nitrogen and oxygen atoms in total. The first-order chi connectivity index (χ1) is 14.3. The summed E-state index contributed by atoms with van der Waals surface area (Å²) >= 11 is 0. The Morgan fingerprint density at radius 2 is 1.47 bits per heavy atom. The molecular formula is C23H22O6S. The van der Waals surface area contributed by atoms with Crippen LogP contribution in [0, 0.1) is 6.92 Å². The molecule has 156 valence electrons. The second-order valence-corrected chi connectivity index (χ2v) is 8.20. The zero-order chi connectivity index (χ0) is 21.6. The van der Waals surface area contributed by atoms with E-state index < -0.39 is 16.1 Å². The van der Waals surface area contributed by atoms with Gasteiger partial charge in [-0.25, -0.2) is 4.79 Å². The van der Waals surface area contributed by atoms with E-state index in [0.717, 1.165) is 11.1 Å². The van der Waals surface area contributed by atoms with Gasteiger partial charge in [-0.3, -0.25) is 0 Å². The molecule has 0 amide bonds. The predicted molar refractivity (Wildman–Crippen MR) is 112 cm³/mol. The van der Waals surface area contributed by atoms with E-state index in [-0.39, 0.29) is 23.4 Å². The fourth-order valence-electron chi connectivity index (χ4n) is 2.64. The Kier molecular flexibility index (Phi) is 6.74. The molecular weight excluding hydrogens is 404 g/mol. The third kappa shape index (κ3) is 5.84. The molecule has 7 heteroatoms. The molecule has 0 spiro atoms. The van der Waals surface area contributed by atoms with Crippen LogP contribution in [0.15, 0.2) is 83.8 Å². The van der Waals surface area contributed by atoms with Gasteiger partial charge in [-0.15, -0.1) is 0 Å². The number of esters is 1. The van der Waals surface area contributed by atoms with Crippen molar-refractivity contribution in [3.63, 3.8) is 0 Å². The van der Waals surface area contributed by atoms with Crippen molar-refractivity contribution in [2.75, 3.05) is 6.61 Å². The van der Waals surface area contributed by atoms with E-state index in [0.29, 0.717) is 5.75 Å². The first-order valence-corrected chi connectivity index (χ1v) is 10.7. The largest absolute Gasteiger partial charge is 0.482 e. The molecule has 0 aromatic heterocycles. The zero-order valence-corrected chi connectivity index (χ0v) is 17.5. The normalized spacial score (nSPS) is 12.1. The van der Waals surface area contributed by atoms with Crippen molar-refractivity contribution in [2.45, 2.75) is 24.8 Å². The van der Waals surface area contributed by atoms with E-state index in [9.17, 15) is 13.2 Å². The zero-order valence-electron chi connectivity index (χ0n) is 16.6. The molecule has 0 heterocycles. The highest BCUT2D eigenvalue weighted by Gasteiger charge is 2.16. The van der Waals surface area contributed by atoms with Crippen LogP contribution < -0.4 is 8.92 Å². The van der Waals surface area contributed by atoms with Crippen LogP contribution in [0.4, 0.5) is 0 Å². The molecule has 3 rings (SSSR count). The smallest absolute Gasteiger partial charge is 0.344 e. The predicted octanol–water partition coefficient (Wildman–Crippen LogP) is 4.45. The van der Waals surface area contributed by atoms with E-state index in [2.05, 4.69) is 0 Å². The van der Waals surface area contributed by atoms with E-state index >= 15 is 0 Å². The van der Waals surface area contributed by atoms with Crippen molar-refractivity contribution in [1.29, 1.82) is 0 Å². The lowest BCUT2D eigenvalue weighted by Gasteiger charge is -2.14. The Morgan fingerprint density at radius 3 is 2.10 bits per heavy atom. The van der Waals surface area contributed by atoms with Crippen LogP contribution >= 0.6 is 0 Å². The molecule has 0 bridgehead atoms. The topological polar surface area (TPSA) is 78.9 Å². The minimum Gasteiger partial charge on any atom is -0.482 e. The molecule has 0 saturated carbocycles. The quantitative estimate of drug-likeness (QED) is 0.391. The molecule has 0 N–H and O–H groups in total. The Labute approximate surface area is 176 Å². The van der Waals surface area contributed by atoms with E-state index in [1.165, 1.54) is 36.4 Å². The highest BCUT2D eigenvalue weighted by Crippen LogP contribution is 2.22. The third-order valence-electron chi connectivity index (χ3n) is 4.27. The fourth-order valence-corrected chi connectivity index (χ4v) is 3.57. The average Bonchev–Trinajstić information content (AvgIpc) is 2.74. The van der Waals surface area contributed by atoms with Crippen molar-refractivity contribution in [1.82, 2.24) is 0 Å². The van der Waals surface area contributed by atoms with Crippen molar-refractivity contribution in [3.05, 3.63) is 90.0 Å². The van der Waals surface area contributed by atoms with Gasteiger partial charge >= 0.3 is 16.1 Å². The summed E-state index contributed by atoms with van der Waals surface area (Å²) in [5.41, 5.74) is 1.84. The van der Waals surface area contributed by atoms with E-state index in [4.69, 9.17) is 13.7 Å². The fraction of sp³-hybridized carbons (Fsp3) is 0.174. The summed E-state index contributed by atoms with van der Waals surface area (Å²) < 4.78 is 40.5. The minimum atomic E-state index is -3.92. The van der Waals surface area contributed by atoms with Gasteiger partial charge in [0, 0.05) is 0 Å². The number of aryl methyl sites for hydroxylation is 1. The van der Waals surface area contributed by atoms with Crippen LogP contribution in [0.5, 0.6) is 11.5 Å². The summed E-state index contributed by atoms with van der Waals surface area (Å²) in [5, 5.41) is 0. The maximum Gasteiger partial charge on any atom is 0.344 e. The maximum atomic E-state index is 12.3. The molecule has 30 heavy (non-hydrogen) atoms. The lowest BCUT2D eigenvalue weighted by atomic mass is 10.1. The van der Waals surface area contributed by atoms with Gasteiger partial charge < -0.3 is 13.7 Å². The van der Waals surface area contributed by atoms with Gasteiger partial charge in [0.05, 0.1) is 0 Å². The number of ether oxygens (including phenoxy) is 2. The van der Waals surface area contributed by atoms with Crippen LogP contribution in [0.1, 0.15) is 24.2 Å². The molecule has 1 atom stereocenters. The number of hydrogen-bond donors (Lipinski definition) is 0. The standard InChI is InChI=1S/C23H22O6S/c1-17-8-14-22(15-9-17)30(25,26)29-21-12-10-20(11-13-21)27-16-23(24)28-18(2)19-6-4-3-5-7-19/h3-15,18H,16H2,1-2H3. The van der Waals surface area contributed by atoms with Gasteiger partial charge in [-0.05, 0) is 55.8 Å². The summed E-state index contributed by atoms with van der Waals surface area (Å²) in [6.45, 7) is 3.39. The Bertz CT molecular complexity index is 1070. The van der Waals surface area contributed by atoms with Crippen molar-refractivity contribution in [3.8, 4) is 11.5 Å². The summed E-state index contributed by atoms with van der Waals surface area (Å²) in [5.74, 6) is 0.0243. The van der Waals surface area contributed by atoms with Crippen molar-refractivity contribution in [2.24, 2.45) is 0 Å². The highest BCUT2D eigenvalue weighted by molar-refractivity contribution is 7.87. The molecule has 3 aromatic rings. The molecule has 0 saturated heterocycles. The van der Waals surface area contributed by atoms with Crippen molar-refractivity contribution < 1.29 is 26.9 Å². The number of hydrogen-bond acceptors (Lipinski definition) is 6. The first-order valence-electron chi connectivity index (χ1n) is 9.32. The average molecular weight is 426 g/mol. The number of benzene rings is 3. The molecule has 0 radical (unpaired) electrons. The Balaban J connectivity index is 1.53. The third-order valence-corrected chi connectivity index (χ3v) is 5.53. The highest BCUT2D eigenvalue weighted by atomic mass is 32.2. The van der Waals surface area contributed by atoms with Crippen LogP contribution in [0.2, 0.25) is 0 Å². The number of rotatable bonds is 8. The van der Waals surface area contributed by atoms with Gasteiger partial charge in [-0.1, -0.05) is 48.0 Å². The second kappa shape index (κ2) is 9.45. The minimum absolute atomic E-state index is 0.0729. The van der Waals surface area contributed by atoms with Gasteiger partial charge in [0.25, 0.3) is 0 Å². The van der Waals surface area contributed by atoms with Crippen LogP contribution in [-0.4, -0.2) is 21.0 Å². The van der Waals surface area contributed by atoms with Crippen molar-refractivity contribution >= 4 is 16.1 Å².